The molecule has 7 N–H and O–H groups in total. The topological polar surface area (TPSA) is 303 Å². The van der Waals surface area contributed by atoms with Gasteiger partial charge in [-0.3, -0.25) is 53.8 Å². The molecule has 5 amide bonds. The number of nitrogens with one attached hydrogen (secondary N) is 2. The molecule has 23 nitrogen and oxygen atoms in total. The number of nitrogens with zero attached hydrogens (tertiary/aromatic N) is 10. The number of aryl methyl sites for hydroxylation is 4. The summed E-state index contributed by atoms with van der Waals surface area (Å²) in [7, 11) is -2.43. The number of rotatable bonds is 19. The zero-order valence-electron chi connectivity index (χ0n) is 37.6. The van der Waals surface area contributed by atoms with Crippen LogP contribution in [0.2, 0.25) is 0 Å². The smallest absolute Gasteiger partial charge is 0.276 e. The molecule has 1 saturated heterocycles. The number of likely N-dealkylation sites (tertiary alicyclic amines) is 1. The van der Waals surface area contributed by atoms with Gasteiger partial charge < -0.3 is 24.7 Å². The fraction of sp³-hybridized carbons (Fsp3) is 0.341. The highest BCUT2D eigenvalue weighted by atomic mass is 32.2. The Labute approximate surface area is 389 Å². The van der Waals surface area contributed by atoms with Gasteiger partial charge in [0.05, 0.1) is 39.4 Å². The number of anilines is 2. The van der Waals surface area contributed by atoms with Crippen LogP contribution in [0.25, 0.3) is 22.1 Å². The number of nitrogens with two attached hydrogens (primary N) is 2. The molecule has 0 spiro atoms. The third-order valence-corrected chi connectivity index (χ3v) is 12.6. The average molecular weight is 951 g/mol. The summed E-state index contributed by atoms with van der Waals surface area (Å²) in [6.45, 7) is 7.48. The van der Waals surface area contributed by atoms with E-state index in [0.29, 0.717) is 59.7 Å². The molecule has 24 heteroatoms. The van der Waals surface area contributed by atoms with Crippen molar-refractivity contribution in [3.63, 3.8) is 0 Å². The lowest BCUT2D eigenvalue weighted by Crippen LogP contribution is -2.53. The summed E-state index contributed by atoms with van der Waals surface area (Å²) < 4.78 is 37.3. The van der Waals surface area contributed by atoms with Crippen molar-refractivity contribution in [2.75, 3.05) is 36.9 Å². The van der Waals surface area contributed by atoms with Gasteiger partial charge in [0, 0.05) is 70.5 Å². The van der Waals surface area contributed by atoms with Gasteiger partial charge >= 0.3 is 0 Å². The molecule has 356 valence electrons. The number of hydrogen-bond donors (Lipinski definition) is 5. The minimum atomic E-state index is -4.07. The van der Waals surface area contributed by atoms with E-state index in [1.807, 2.05) is 11.8 Å². The van der Waals surface area contributed by atoms with Gasteiger partial charge in [-0.25, -0.2) is 23.5 Å². The maximum absolute atomic E-state index is 13.7. The van der Waals surface area contributed by atoms with E-state index >= 15 is 0 Å². The highest BCUT2D eigenvalue weighted by Crippen LogP contribution is 2.33. The molecule has 1 unspecified atom stereocenters. The van der Waals surface area contributed by atoms with Gasteiger partial charge in [-0.15, -0.1) is 0 Å². The predicted octanol–water partition coefficient (Wildman–Crippen LogP) is 1.79. The lowest BCUT2D eigenvalue weighted by Gasteiger charge is -2.42. The van der Waals surface area contributed by atoms with Crippen LogP contribution >= 0.6 is 0 Å². The van der Waals surface area contributed by atoms with Crippen molar-refractivity contribution in [3.05, 3.63) is 95.1 Å². The van der Waals surface area contributed by atoms with Crippen molar-refractivity contribution in [1.29, 1.82) is 0 Å². The Kier molecular flexibility index (Phi) is 13.1. The van der Waals surface area contributed by atoms with E-state index in [0.717, 1.165) is 4.90 Å². The third-order valence-electron chi connectivity index (χ3n) is 11.7. The molecular weight excluding hydrogens is 901 g/mol. The summed E-state index contributed by atoms with van der Waals surface area (Å²) in [5.74, 6) is -1.83. The summed E-state index contributed by atoms with van der Waals surface area (Å²) in [6.07, 6.45) is 5.95. The Morgan fingerprint density at radius 1 is 0.897 bits per heavy atom. The zero-order valence-corrected chi connectivity index (χ0v) is 38.4. The van der Waals surface area contributed by atoms with Crippen LogP contribution in [0.15, 0.2) is 71.7 Å². The Balaban J connectivity index is 1.05. The number of benzene rings is 2. The second-order valence-corrected chi connectivity index (χ2v) is 18.1. The number of sulfonamides is 1. The molecule has 0 radical (unpaired) electrons. The average Bonchev–Trinajstić information content (AvgIpc) is 4.08. The van der Waals surface area contributed by atoms with E-state index in [2.05, 4.69) is 25.8 Å². The Bertz CT molecular complexity index is 3160. The number of fused-ring (bicyclic) bond motifs is 2. The number of carbonyl (C=O) groups excluding carboxylic acids is 5. The summed E-state index contributed by atoms with van der Waals surface area (Å²) in [5.41, 5.74) is 9.25. The highest BCUT2D eigenvalue weighted by Gasteiger charge is 2.33. The van der Waals surface area contributed by atoms with E-state index < -0.39 is 45.8 Å². The fourth-order valence-corrected chi connectivity index (χ4v) is 8.79. The number of primary amides is 1. The van der Waals surface area contributed by atoms with Gasteiger partial charge in [-0.05, 0) is 75.6 Å². The number of allylic oxidation sites excluding steroid dienone is 2. The Morgan fingerprint density at radius 2 is 1.53 bits per heavy atom. The standard InChI is InChI=1S/C44H50N14O9S/c1-5-58-34(19-26(3)52-58)42(64)50-43-47-30-22-29(68(46,65)66)8-9-32(30)55(43)14-6-7-15-57-39-31(48-44(57)49-41(63)33-18-25(2)51-53(33)4)20-28(40(45)62)21-35(39)67-17-13-27-23-54(24-27)36(59)12-16-56-37(60)10-11-38(56)61/h6-11,18-22,27,36,59H,5,12-17,23-24H2,1-4H3,(H2,45,62)(H2,46,65,66)(H,47,50,64)(H,48,49,63)/b7-6+. The molecule has 6 heterocycles. The number of amides is 5. The quantitative estimate of drug-likeness (QED) is 0.0572. The molecule has 1 fully saturated rings. The molecule has 8 rings (SSSR count). The van der Waals surface area contributed by atoms with Gasteiger partial charge in [0.15, 0.2) is 0 Å². The number of ether oxygens (including phenoxy) is 1. The summed E-state index contributed by atoms with van der Waals surface area (Å²) >= 11 is 0. The molecule has 2 aliphatic heterocycles. The fourth-order valence-electron chi connectivity index (χ4n) is 8.26. The van der Waals surface area contributed by atoms with Gasteiger partial charge in [-0.2, -0.15) is 10.2 Å². The van der Waals surface area contributed by atoms with Crippen LogP contribution in [0.1, 0.15) is 62.5 Å². The lowest BCUT2D eigenvalue weighted by molar-refractivity contribution is -0.138. The number of imide groups is 1. The second kappa shape index (κ2) is 19.0. The van der Waals surface area contributed by atoms with Crippen molar-refractivity contribution in [3.8, 4) is 5.75 Å². The molecule has 1 atom stereocenters. The number of hydrogen-bond acceptors (Lipinski definition) is 14. The minimum absolute atomic E-state index is 0.0990. The highest BCUT2D eigenvalue weighted by molar-refractivity contribution is 7.89. The van der Waals surface area contributed by atoms with Gasteiger partial charge in [0.2, 0.25) is 27.8 Å². The first kappa shape index (κ1) is 47.0. The first-order valence-electron chi connectivity index (χ1n) is 21.7. The summed E-state index contributed by atoms with van der Waals surface area (Å²) in [6, 6.07) is 10.5. The predicted molar refractivity (Wildman–Crippen MR) is 247 cm³/mol. The minimum Gasteiger partial charge on any atom is -0.491 e. The molecule has 6 aromatic rings. The normalized spacial score (nSPS) is 15.0. The van der Waals surface area contributed by atoms with E-state index in [-0.39, 0.29) is 77.9 Å². The number of primary sulfonamides is 1. The second-order valence-electron chi connectivity index (χ2n) is 16.5. The van der Waals surface area contributed by atoms with Crippen LogP contribution in [0.5, 0.6) is 5.75 Å². The van der Waals surface area contributed by atoms with Crippen LogP contribution in [0.3, 0.4) is 0 Å². The largest absolute Gasteiger partial charge is 0.491 e. The van der Waals surface area contributed by atoms with Gasteiger partial charge in [0.25, 0.3) is 23.6 Å². The SMILES string of the molecule is CCn1nc(C)cc1C(=O)Nc1nc2cc(S(N)(=O)=O)ccc2n1C/C=C/Cn1c(NC(=O)c2cc(C)nn2C)nc2cc(C(N)=O)cc(OCCC3CN(C(O)CCN4C(=O)C=CC4=O)C3)c21. The molecule has 4 aromatic heterocycles. The molecule has 68 heavy (non-hydrogen) atoms. The summed E-state index contributed by atoms with van der Waals surface area (Å²) in [5, 5.41) is 30.5. The monoisotopic (exact) mass is 950 g/mol. The van der Waals surface area contributed by atoms with Crippen molar-refractivity contribution in [2.24, 2.45) is 23.8 Å². The molecule has 2 aromatic carbocycles. The molecular formula is C44H50N14O9S. The summed E-state index contributed by atoms with van der Waals surface area (Å²) in [4.78, 5) is 75.8. The van der Waals surface area contributed by atoms with Crippen LogP contribution < -0.4 is 26.2 Å². The number of aliphatic hydroxyl groups is 1. The number of imidazole rings is 2. The zero-order chi connectivity index (χ0) is 48.6. The lowest BCUT2D eigenvalue weighted by atomic mass is 9.96. The number of aromatic nitrogens is 8. The van der Waals surface area contributed by atoms with Crippen LogP contribution in [-0.4, -0.2) is 124 Å². The first-order chi connectivity index (χ1) is 32.4. The van der Waals surface area contributed by atoms with Crippen molar-refractivity contribution >= 4 is 73.5 Å². The van der Waals surface area contributed by atoms with Gasteiger partial charge in [-0.1, -0.05) is 12.2 Å². The Morgan fingerprint density at radius 3 is 2.18 bits per heavy atom. The van der Waals surface area contributed by atoms with E-state index in [1.165, 1.54) is 41.1 Å². The first-order valence-corrected chi connectivity index (χ1v) is 23.2. The van der Waals surface area contributed by atoms with Crippen molar-refractivity contribution < 1.29 is 42.2 Å². The molecule has 0 saturated carbocycles. The van der Waals surface area contributed by atoms with Crippen LogP contribution in [0, 0.1) is 19.8 Å². The van der Waals surface area contributed by atoms with Gasteiger partial charge in [0.1, 0.15) is 28.9 Å². The van der Waals surface area contributed by atoms with Crippen molar-refractivity contribution in [2.45, 2.75) is 64.4 Å². The van der Waals surface area contributed by atoms with Crippen LogP contribution in [-0.2, 0) is 46.3 Å². The molecule has 2 aliphatic rings. The molecule has 0 aliphatic carbocycles. The number of aliphatic hydroxyl groups excluding tert-OH is 1. The third kappa shape index (κ3) is 9.78. The van der Waals surface area contributed by atoms with Crippen LogP contribution in [0.4, 0.5) is 11.9 Å². The maximum Gasteiger partial charge on any atom is 0.276 e. The number of carbonyl (C=O) groups is 5. The maximum atomic E-state index is 13.7. The van der Waals surface area contributed by atoms with Crippen molar-refractivity contribution in [1.82, 2.24) is 48.5 Å². The molecule has 0 bridgehead atoms. The Hall–Kier alpha value is -7.54. The van der Waals surface area contributed by atoms with E-state index in [4.69, 9.17) is 20.6 Å². The van der Waals surface area contributed by atoms with E-state index in [9.17, 15) is 37.5 Å². The van der Waals surface area contributed by atoms with E-state index in [1.54, 1.807) is 65.1 Å².